The summed E-state index contributed by atoms with van der Waals surface area (Å²) in [5.41, 5.74) is 15.8. The van der Waals surface area contributed by atoms with Gasteiger partial charge in [-0.2, -0.15) is 0 Å². The first-order valence-corrected chi connectivity index (χ1v) is 15.9. The molecular formula is C42H34N4O. The van der Waals surface area contributed by atoms with Crippen LogP contribution in [0.3, 0.4) is 0 Å². The van der Waals surface area contributed by atoms with Gasteiger partial charge >= 0.3 is 0 Å². The Morgan fingerprint density at radius 1 is 0.702 bits per heavy atom. The lowest BCUT2D eigenvalue weighted by Gasteiger charge is -2.32. The Balaban J connectivity index is 1.14. The van der Waals surface area contributed by atoms with Crippen LogP contribution in [0.2, 0.25) is 0 Å². The van der Waals surface area contributed by atoms with Gasteiger partial charge in [-0.1, -0.05) is 146 Å². The summed E-state index contributed by atoms with van der Waals surface area (Å²) >= 11 is 0. The average Bonchev–Trinajstić information content (AvgIpc) is 3.48. The molecular weight excluding hydrogens is 576 g/mol. The molecule has 1 aliphatic heterocycles. The number of hydrogen-bond acceptors (Lipinski definition) is 5. The van der Waals surface area contributed by atoms with Crippen molar-refractivity contribution in [1.82, 2.24) is 10.6 Å². The number of nitrogens with zero attached hydrogens (tertiary/aromatic N) is 1. The number of rotatable bonds is 6. The number of aliphatic imine (C=N–C) groups is 1. The zero-order valence-electron chi connectivity index (χ0n) is 26.0. The van der Waals surface area contributed by atoms with Crippen LogP contribution < -0.4 is 16.4 Å². The highest BCUT2D eigenvalue weighted by Crippen LogP contribution is 2.41. The minimum atomic E-state index is -0.183. The van der Waals surface area contributed by atoms with Crippen LogP contribution >= 0.6 is 0 Å². The molecule has 5 nitrogen and oxygen atoms in total. The molecule has 0 radical (unpaired) electrons. The molecule has 0 aliphatic carbocycles. The highest BCUT2D eigenvalue weighted by molar-refractivity contribution is 6.06. The number of fused-ring (bicyclic) bond motifs is 2. The van der Waals surface area contributed by atoms with Crippen molar-refractivity contribution < 1.29 is 4.42 Å². The lowest BCUT2D eigenvalue weighted by atomic mass is 9.93. The van der Waals surface area contributed by atoms with Crippen molar-refractivity contribution in [2.24, 2.45) is 4.99 Å². The third-order valence-electron chi connectivity index (χ3n) is 8.94. The molecule has 47 heavy (non-hydrogen) atoms. The summed E-state index contributed by atoms with van der Waals surface area (Å²) in [6, 6.07) is 50.5. The van der Waals surface area contributed by atoms with Crippen LogP contribution in [-0.2, 0) is 0 Å². The maximum atomic E-state index is 6.65. The number of para-hydroxylation sites is 1. The number of amidine groups is 1. The summed E-state index contributed by atoms with van der Waals surface area (Å²) in [5.74, 6) is 1.25. The third kappa shape index (κ3) is 5.37. The Morgan fingerprint density at radius 2 is 1.38 bits per heavy atom. The summed E-state index contributed by atoms with van der Waals surface area (Å²) < 4.78 is 6.33. The molecule has 0 saturated heterocycles. The van der Waals surface area contributed by atoms with Crippen molar-refractivity contribution in [1.29, 1.82) is 0 Å². The van der Waals surface area contributed by atoms with Gasteiger partial charge in [0.1, 0.15) is 23.8 Å². The van der Waals surface area contributed by atoms with Gasteiger partial charge in [0.15, 0.2) is 5.88 Å². The lowest BCUT2D eigenvalue weighted by Crippen LogP contribution is -2.44. The van der Waals surface area contributed by atoms with E-state index in [1.54, 1.807) is 0 Å². The van der Waals surface area contributed by atoms with Gasteiger partial charge in [-0.15, -0.1) is 0 Å². The number of nitrogens with two attached hydrogens (primary N) is 1. The fraction of sp³-hybridized carbons (Fsp3) is 0.0714. The molecule has 0 bridgehead atoms. The van der Waals surface area contributed by atoms with E-state index in [9.17, 15) is 0 Å². The molecule has 0 amide bonds. The molecule has 6 aromatic carbocycles. The summed E-state index contributed by atoms with van der Waals surface area (Å²) in [7, 11) is 0. The van der Waals surface area contributed by atoms with Gasteiger partial charge in [0.25, 0.3) is 0 Å². The van der Waals surface area contributed by atoms with Crippen LogP contribution in [0.1, 0.15) is 47.1 Å². The van der Waals surface area contributed by atoms with E-state index in [4.69, 9.17) is 15.1 Å². The summed E-state index contributed by atoms with van der Waals surface area (Å²) in [5, 5.41) is 10.7. The van der Waals surface area contributed by atoms with Crippen molar-refractivity contribution in [3.8, 4) is 11.1 Å². The van der Waals surface area contributed by atoms with Crippen molar-refractivity contribution >= 4 is 39.0 Å². The number of benzene rings is 6. The quantitative estimate of drug-likeness (QED) is 0.175. The Labute approximate surface area is 274 Å². The molecule has 1 aromatic heterocycles. The molecule has 7 aromatic rings. The summed E-state index contributed by atoms with van der Waals surface area (Å²) in [4.78, 5) is 5.10. The van der Waals surface area contributed by atoms with Gasteiger partial charge in [0.05, 0.1) is 5.56 Å². The smallest absolute Gasteiger partial charge is 0.199 e. The molecule has 0 spiro atoms. The van der Waals surface area contributed by atoms with Gasteiger partial charge < -0.3 is 15.5 Å². The number of anilines is 1. The van der Waals surface area contributed by atoms with Crippen molar-refractivity contribution in [2.45, 2.75) is 19.3 Å². The monoisotopic (exact) mass is 610 g/mol. The van der Waals surface area contributed by atoms with E-state index in [0.29, 0.717) is 5.88 Å². The van der Waals surface area contributed by atoms with E-state index in [1.165, 1.54) is 10.8 Å². The minimum absolute atomic E-state index is 0.0893. The molecule has 2 heterocycles. The largest absolute Gasteiger partial charge is 0.440 e. The van der Waals surface area contributed by atoms with E-state index in [1.807, 2.05) is 19.1 Å². The first-order valence-electron chi connectivity index (χ1n) is 15.9. The van der Waals surface area contributed by atoms with Gasteiger partial charge in [0, 0.05) is 16.5 Å². The Bertz CT molecular complexity index is 2270. The van der Waals surface area contributed by atoms with Crippen molar-refractivity contribution in [2.75, 3.05) is 5.73 Å². The summed E-state index contributed by atoms with van der Waals surface area (Å²) in [6.45, 7) is 2.04. The van der Waals surface area contributed by atoms with Gasteiger partial charge in [0.2, 0.25) is 0 Å². The van der Waals surface area contributed by atoms with E-state index >= 15 is 0 Å². The van der Waals surface area contributed by atoms with Crippen LogP contribution in [0.25, 0.3) is 38.4 Å². The molecule has 2 unspecified atom stereocenters. The number of nitrogens with one attached hydrogen (secondary N) is 2. The zero-order chi connectivity index (χ0) is 31.7. The number of allylic oxidation sites excluding steroid dienone is 1. The lowest BCUT2D eigenvalue weighted by molar-refractivity contribution is 0.409. The molecule has 0 fully saturated rings. The van der Waals surface area contributed by atoms with Crippen LogP contribution in [0.15, 0.2) is 161 Å². The third-order valence-corrected chi connectivity index (χ3v) is 8.94. The second-order valence-electron chi connectivity index (χ2n) is 11.8. The van der Waals surface area contributed by atoms with Crippen LogP contribution in [-0.4, -0.2) is 5.84 Å². The fourth-order valence-corrected chi connectivity index (χ4v) is 6.59. The number of nitrogen functional groups attached to an aromatic ring is 1. The van der Waals surface area contributed by atoms with Crippen LogP contribution in [0.5, 0.6) is 0 Å². The average molecular weight is 611 g/mol. The molecule has 4 N–H and O–H groups in total. The fourth-order valence-electron chi connectivity index (χ4n) is 6.59. The van der Waals surface area contributed by atoms with Gasteiger partial charge in [-0.05, 0) is 51.6 Å². The molecule has 0 saturated carbocycles. The molecule has 8 rings (SSSR count). The highest BCUT2D eigenvalue weighted by atomic mass is 16.3. The molecule has 5 heteroatoms. The molecule has 1 aliphatic rings. The number of furan rings is 1. The van der Waals surface area contributed by atoms with Gasteiger partial charge in [-0.25, -0.2) is 4.99 Å². The molecule has 228 valence electrons. The minimum Gasteiger partial charge on any atom is -0.440 e. The van der Waals surface area contributed by atoms with E-state index < -0.39 is 0 Å². The second-order valence-corrected chi connectivity index (χ2v) is 11.8. The first kappa shape index (κ1) is 28.6. The van der Waals surface area contributed by atoms with Crippen molar-refractivity contribution in [3.05, 3.63) is 179 Å². The predicted octanol–water partition coefficient (Wildman–Crippen LogP) is 9.62. The standard InChI is InChI=1S/C42H34N4O/c1-2-34(37-36-19-11-18-35(38(36)47-39(37)43)33-25-20-27-12-9-10-17-32(27)26-33)28-21-23-31(24-22-28)42-45-40(29-13-5-3-6-14-29)44-41(46-42)30-15-7-4-8-16-30/h2-26,40-41,44H,43H2,1H3,(H,45,46)/b34-2-. The predicted molar refractivity (Wildman–Crippen MR) is 194 cm³/mol. The zero-order valence-corrected chi connectivity index (χ0v) is 26.0. The van der Waals surface area contributed by atoms with Gasteiger partial charge in [-0.3, -0.25) is 5.32 Å². The second kappa shape index (κ2) is 12.1. The first-order chi connectivity index (χ1) is 23.2. The Hall–Kier alpha value is -5.91. The SMILES string of the molecule is C/C=C(/c1ccc(C2=NC(c3ccccc3)NC(c3ccccc3)N2)cc1)c1c(N)oc2c(-c3ccc4ccccc4c3)cccc12. The summed E-state index contributed by atoms with van der Waals surface area (Å²) in [6.07, 6.45) is 1.83. The molecule has 2 atom stereocenters. The maximum Gasteiger partial charge on any atom is 0.199 e. The Kier molecular flexibility index (Phi) is 7.36. The highest BCUT2D eigenvalue weighted by Gasteiger charge is 2.26. The Morgan fingerprint density at radius 3 is 2.13 bits per heavy atom. The maximum absolute atomic E-state index is 6.65. The van der Waals surface area contributed by atoms with E-state index in [0.717, 1.165) is 61.3 Å². The topological polar surface area (TPSA) is 75.6 Å². The van der Waals surface area contributed by atoms with Crippen LogP contribution in [0.4, 0.5) is 5.88 Å². The van der Waals surface area contributed by atoms with E-state index in [2.05, 4.69) is 150 Å². The van der Waals surface area contributed by atoms with Crippen LogP contribution in [0, 0.1) is 0 Å². The van der Waals surface area contributed by atoms with E-state index in [-0.39, 0.29) is 12.3 Å². The number of hydrogen-bond donors (Lipinski definition) is 3. The normalized spacial score (nSPS) is 16.6. The van der Waals surface area contributed by atoms with Crippen molar-refractivity contribution in [3.63, 3.8) is 0 Å².